The van der Waals surface area contributed by atoms with E-state index in [4.69, 9.17) is 4.98 Å². The molecule has 4 aromatic rings. The van der Waals surface area contributed by atoms with Crippen LogP contribution in [0.15, 0.2) is 48.8 Å². The summed E-state index contributed by atoms with van der Waals surface area (Å²) in [6.45, 7) is 4.56. The molecule has 0 saturated carbocycles. The van der Waals surface area contributed by atoms with Crippen molar-refractivity contribution in [1.82, 2.24) is 28.8 Å². The van der Waals surface area contributed by atoms with Gasteiger partial charge < -0.3 is 14.8 Å². The van der Waals surface area contributed by atoms with Gasteiger partial charge in [0, 0.05) is 36.6 Å². The Balaban J connectivity index is 1.54. The van der Waals surface area contributed by atoms with Gasteiger partial charge >= 0.3 is 0 Å². The minimum absolute atomic E-state index is 0.223. The number of pyridine rings is 1. The molecule has 1 N–H and O–H groups in total. The van der Waals surface area contributed by atoms with Crippen LogP contribution in [0.1, 0.15) is 45.2 Å². The van der Waals surface area contributed by atoms with Gasteiger partial charge in [-0.25, -0.2) is 14.4 Å². The van der Waals surface area contributed by atoms with E-state index in [1.165, 1.54) is 35.8 Å². The van der Waals surface area contributed by atoms with Crippen LogP contribution in [0.2, 0.25) is 0 Å². The Morgan fingerprint density at radius 3 is 2.47 bits per heavy atom. The topological polar surface area (TPSA) is 106 Å². The van der Waals surface area contributed by atoms with Crippen molar-refractivity contribution in [2.24, 2.45) is 0 Å². The molecule has 172 valence electrons. The lowest BCUT2D eigenvalue weighted by Gasteiger charge is -2.35. The second kappa shape index (κ2) is 8.75. The van der Waals surface area contributed by atoms with Crippen LogP contribution < -0.4 is 5.32 Å². The van der Waals surface area contributed by atoms with E-state index in [-0.39, 0.29) is 11.8 Å². The Hall–Kier alpha value is -3.99. The number of amides is 2. The number of imidazole rings is 1. The molecule has 1 aromatic carbocycles. The normalized spacial score (nSPS) is 15.1. The number of aryl methyl sites for hydroxylation is 1. The number of hydrogen-bond donors (Lipinski definition) is 1. The largest absolute Gasteiger partial charge is 0.328 e. The molecule has 1 aliphatic rings. The van der Waals surface area contributed by atoms with Crippen LogP contribution in [-0.4, -0.2) is 47.2 Å². The molecule has 3 aromatic heterocycles. The zero-order chi connectivity index (χ0) is 23.8. The zero-order valence-electron chi connectivity index (χ0n) is 18.4. The van der Waals surface area contributed by atoms with Crippen molar-refractivity contribution in [2.45, 2.75) is 26.4 Å². The molecule has 1 aliphatic heterocycles. The van der Waals surface area contributed by atoms with Gasteiger partial charge in [0.15, 0.2) is 16.6 Å². The lowest BCUT2D eigenvalue weighted by Crippen LogP contribution is -2.41. The Kier molecular flexibility index (Phi) is 5.62. The lowest BCUT2D eigenvalue weighted by molar-refractivity contribution is 0.0646. The van der Waals surface area contributed by atoms with Gasteiger partial charge in [-0.1, -0.05) is 0 Å². The number of nitrogens with one attached hydrogen (secondary N) is 1. The number of nitrogens with zero attached hydrogens (tertiary/aromatic N) is 6. The summed E-state index contributed by atoms with van der Waals surface area (Å²) in [5, 5.41) is 3.52. The molecule has 0 fully saturated rings. The first-order chi connectivity index (χ1) is 16.4. The standard InChI is InChI=1S/C23H20FN7O2S/c1-13-18-19(28-21(32)15-7-9-25-10-8-15)27-20(22-26-14(2)29-34-22)31(18)12-11-30(13)23(33)16-3-5-17(24)6-4-16/h3-10,13H,11-12H2,1-2H3,(H,28,32)/t13-/m1/s1. The van der Waals surface area contributed by atoms with E-state index in [2.05, 4.69) is 19.7 Å². The molecular formula is C23H20FN7O2S. The first kappa shape index (κ1) is 21.8. The van der Waals surface area contributed by atoms with Crippen LogP contribution in [-0.2, 0) is 6.54 Å². The van der Waals surface area contributed by atoms with Crippen LogP contribution in [0.25, 0.3) is 10.8 Å². The molecule has 0 aliphatic carbocycles. The molecule has 34 heavy (non-hydrogen) atoms. The van der Waals surface area contributed by atoms with Crippen molar-refractivity contribution >= 4 is 29.2 Å². The maximum absolute atomic E-state index is 13.4. The maximum atomic E-state index is 13.4. The highest BCUT2D eigenvalue weighted by Crippen LogP contribution is 2.37. The molecule has 4 heterocycles. The number of aromatic nitrogens is 5. The van der Waals surface area contributed by atoms with E-state index in [0.717, 1.165) is 0 Å². The Labute approximate surface area is 198 Å². The van der Waals surface area contributed by atoms with Crippen LogP contribution in [0.5, 0.6) is 0 Å². The van der Waals surface area contributed by atoms with Crippen LogP contribution >= 0.6 is 11.5 Å². The fourth-order valence-corrected chi connectivity index (χ4v) is 4.70. The summed E-state index contributed by atoms with van der Waals surface area (Å²) >= 11 is 1.23. The number of halogens is 1. The molecule has 11 heteroatoms. The summed E-state index contributed by atoms with van der Waals surface area (Å²) in [5.41, 5.74) is 1.52. The minimum Gasteiger partial charge on any atom is -0.328 e. The molecule has 9 nitrogen and oxygen atoms in total. The number of anilines is 1. The number of carbonyl (C=O) groups is 2. The van der Waals surface area contributed by atoms with Crippen LogP contribution in [0, 0.1) is 12.7 Å². The summed E-state index contributed by atoms with van der Waals surface area (Å²) in [6.07, 6.45) is 3.08. The van der Waals surface area contributed by atoms with E-state index < -0.39 is 11.9 Å². The van der Waals surface area contributed by atoms with Gasteiger partial charge in [-0.2, -0.15) is 4.37 Å². The molecule has 0 spiro atoms. The quantitative estimate of drug-likeness (QED) is 0.480. The summed E-state index contributed by atoms with van der Waals surface area (Å²) in [5.74, 6) is 0.619. The highest BCUT2D eigenvalue weighted by Gasteiger charge is 2.35. The van der Waals surface area contributed by atoms with Crippen molar-refractivity contribution in [3.8, 4) is 10.8 Å². The molecule has 0 saturated heterocycles. The number of rotatable bonds is 4. The van der Waals surface area contributed by atoms with Crippen molar-refractivity contribution in [2.75, 3.05) is 11.9 Å². The molecule has 0 unspecified atom stereocenters. The first-order valence-corrected chi connectivity index (χ1v) is 11.4. The number of fused-ring (bicyclic) bond motifs is 1. The van der Waals surface area contributed by atoms with Gasteiger partial charge in [-0.3, -0.25) is 14.6 Å². The predicted molar refractivity (Wildman–Crippen MR) is 124 cm³/mol. The first-order valence-electron chi connectivity index (χ1n) is 10.6. The van der Waals surface area contributed by atoms with Crippen molar-refractivity contribution in [3.05, 3.63) is 77.3 Å². The highest BCUT2D eigenvalue weighted by molar-refractivity contribution is 7.09. The van der Waals surface area contributed by atoms with Gasteiger partial charge in [0.25, 0.3) is 11.8 Å². The molecule has 5 rings (SSSR count). The van der Waals surface area contributed by atoms with Crippen molar-refractivity contribution in [3.63, 3.8) is 0 Å². The molecule has 0 radical (unpaired) electrons. The highest BCUT2D eigenvalue weighted by atomic mass is 32.1. The third kappa shape index (κ3) is 3.94. The lowest BCUT2D eigenvalue weighted by atomic mass is 10.1. The number of benzene rings is 1. The summed E-state index contributed by atoms with van der Waals surface area (Å²) in [4.78, 5) is 40.9. The number of carbonyl (C=O) groups excluding carboxylic acids is 2. The van der Waals surface area contributed by atoms with Crippen LogP contribution in [0.3, 0.4) is 0 Å². The van der Waals surface area contributed by atoms with Gasteiger partial charge in [-0.15, -0.1) is 0 Å². The van der Waals surface area contributed by atoms with E-state index in [9.17, 15) is 14.0 Å². The minimum atomic E-state index is -0.408. The second-order valence-corrected chi connectivity index (χ2v) is 8.59. The maximum Gasteiger partial charge on any atom is 0.256 e. The van der Waals surface area contributed by atoms with Gasteiger partial charge in [0.2, 0.25) is 0 Å². The Morgan fingerprint density at radius 1 is 1.06 bits per heavy atom. The summed E-state index contributed by atoms with van der Waals surface area (Å²) < 4.78 is 19.6. The monoisotopic (exact) mass is 477 g/mol. The van der Waals surface area contributed by atoms with Gasteiger partial charge in [0.05, 0.1) is 11.7 Å². The van der Waals surface area contributed by atoms with Gasteiger partial charge in [0.1, 0.15) is 11.6 Å². The Morgan fingerprint density at radius 2 is 1.79 bits per heavy atom. The predicted octanol–water partition coefficient (Wildman–Crippen LogP) is 3.71. The average Bonchev–Trinajstić information content (AvgIpc) is 3.44. The van der Waals surface area contributed by atoms with E-state index in [1.54, 1.807) is 36.4 Å². The van der Waals surface area contributed by atoms with Crippen molar-refractivity contribution < 1.29 is 14.0 Å². The van der Waals surface area contributed by atoms with Crippen LogP contribution in [0.4, 0.5) is 10.2 Å². The average molecular weight is 478 g/mol. The van der Waals surface area contributed by atoms with E-state index in [0.29, 0.717) is 52.4 Å². The fourth-order valence-electron chi connectivity index (χ4n) is 4.03. The third-order valence-electron chi connectivity index (χ3n) is 5.68. The summed E-state index contributed by atoms with van der Waals surface area (Å²) in [7, 11) is 0. The van der Waals surface area contributed by atoms with E-state index >= 15 is 0 Å². The molecule has 0 bridgehead atoms. The molecule has 1 atom stereocenters. The third-order valence-corrected chi connectivity index (χ3v) is 6.48. The van der Waals surface area contributed by atoms with Gasteiger partial charge in [-0.05, 0) is 61.8 Å². The van der Waals surface area contributed by atoms with E-state index in [1.807, 2.05) is 11.5 Å². The van der Waals surface area contributed by atoms with Crippen molar-refractivity contribution in [1.29, 1.82) is 0 Å². The molecular weight excluding hydrogens is 457 g/mol. The molecule has 2 amide bonds. The smallest absolute Gasteiger partial charge is 0.256 e. The SMILES string of the molecule is Cc1nsc(-c2nc(NC(=O)c3ccncc3)c3n2CCN(C(=O)c2ccc(F)cc2)[C@@H]3C)n1. The number of hydrogen-bond acceptors (Lipinski definition) is 7. The fraction of sp³-hybridized carbons (Fsp3) is 0.217. The second-order valence-electron chi connectivity index (χ2n) is 7.84. The Bertz CT molecular complexity index is 1370. The zero-order valence-corrected chi connectivity index (χ0v) is 19.2. The summed E-state index contributed by atoms with van der Waals surface area (Å²) in [6, 6.07) is 8.29.